The maximum Gasteiger partial charge on any atom is 0.228 e. The number of aromatic nitrogens is 2. The number of imidazole rings is 1. The van der Waals surface area contributed by atoms with Crippen LogP contribution in [0.3, 0.4) is 0 Å². The molecule has 3 fully saturated rings. The third-order valence-corrected chi connectivity index (χ3v) is 16.4. The Bertz CT molecular complexity index is 2750. The third kappa shape index (κ3) is 11.8. The summed E-state index contributed by atoms with van der Waals surface area (Å²) in [6.07, 6.45) is 8.00. The number of halogens is 2. The van der Waals surface area contributed by atoms with Gasteiger partial charge in [0.15, 0.2) is 5.78 Å². The van der Waals surface area contributed by atoms with Crippen molar-refractivity contribution in [3.05, 3.63) is 135 Å². The van der Waals surface area contributed by atoms with Crippen molar-refractivity contribution in [2.24, 2.45) is 24.3 Å². The van der Waals surface area contributed by atoms with Gasteiger partial charge < -0.3 is 28.7 Å². The first kappa shape index (κ1) is 51.4. The van der Waals surface area contributed by atoms with Gasteiger partial charge in [0.25, 0.3) is 0 Å². The van der Waals surface area contributed by atoms with Crippen LogP contribution in [0, 0.1) is 17.3 Å². The number of carbonyl (C=O) groups is 4. The number of ketones is 1. The lowest BCUT2D eigenvalue weighted by Crippen LogP contribution is -2.54. The van der Waals surface area contributed by atoms with E-state index >= 15 is 9.59 Å². The minimum absolute atomic E-state index is 0.00144. The summed E-state index contributed by atoms with van der Waals surface area (Å²) in [5.74, 6) is -0.781. The summed E-state index contributed by atoms with van der Waals surface area (Å²) in [5, 5.41) is 1.04. The number of ether oxygens (including phenoxy) is 2. The number of amides is 3. The molecule has 9 rings (SSSR count). The van der Waals surface area contributed by atoms with Gasteiger partial charge in [0.05, 0.1) is 55.5 Å². The molecule has 1 saturated carbocycles. The summed E-state index contributed by atoms with van der Waals surface area (Å²) in [7, 11) is 5.34. The van der Waals surface area contributed by atoms with Gasteiger partial charge in [-0.15, -0.1) is 0 Å². The molecule has 2 aliphatic carbocycles. The van der Waals surface area contributed by atoms with Gasteiger partial charge in [-0.25, -0.2) is 4.98 Å². The molecule has 3 heterocycles. The van der Waals surface area contributed by atoms with Gasteiger partial charge in [-0.1, -0.05) is 72.6 Å². The van der Waals surface area contributed by atoms with E-state index in [0.717, 1.165) is 67.1 Å². The van der Waals surface area contributed by atoms with E-state index in [0.29, 0.717) is 46.5 Å². The van der Waals surface area contributed by atoms with Crippen molar-refractivity contribution in [2.75, 3.05) is 46.9 Å². The fourth-order valence-electron chi connectivity index (χ4n) is 11.2. The van der Waals surface area contributed by atoms with E-state index in [-0.39, 0.29) is 67.4 Å². The van der Waals surface area contributed by atoms with Gasteiger partial charge in [0.2, 0.25) is 17.7 Å². The Balaban J connectivity index is 1.05. The van der Waals surface area contributed by atoms with Crippen LogP contribution < -0.4 is 4.74 Å². The van der Waals surface area contributed by atoms with Crippen molar-refractivity contribution in [3.63, 3.8) is 0 Å². The molecule has 2 aliphatic heterocycles. The lowest BCUT2D eigenvalue weighted by molar-refractivity contribution is -0.149. The van der Waals surface area contributed by atoms with Gasteiger partial charge in [0, 0.05) is 68.3 Å². The smallest absolute Gasteiger partial charge is 0.228 e. The number of hydrogen-bond acceptors (Lipinski definition) is 8. The standard InChI is InChI=1S/C58H68Cl2N6O6/c1-38-52(67)29-43(36-71-5)56(69)62(3)46(28-39-12-18-44(59)19-13-39)34-65(37-58(2)24-25-58)57(70)50(49-23-17-40-10-6-7-11-48(40)49)31-55(68)66(38)33-42-14-20-45(60)30-53(42)72-47-21-15-41(16-22-47)51-32-61-54(63(51)4)35-64-26-8-9-27-64/h6-7,10-16,18-22,30,32,38,43,46,49-50H,8-9,17,23-29,31,33-37H2,1-5H3/t38-,43-,46+,49-,50-/m0/s1. The van der Waals surface area contributed by atoms with Crippen LogP contribution in [-0.4, -0.2) is 112 Å². The second-order valence-corrected chi connectivity index (χ2v) is 22.0. The predicted octanol–water partition coefficient (Wildman–Crippen LogP) is 10.2. The molecule has 5 aromatic rings. The fraction of sp³-hybridized carbons (Fsp3) is 0.466. The number of rotatable bonds is 14. The Kier molecular flexibility index (Phi) is 15.9. The zero-order chi connectivity index (χ0) is 50.7. The molecule has 0 spiro atoms. The van der Waals surface area contributed by atoms with Crippen LogP contribution in [0.5, 0.6) is 11.5 Å². The number of methoxy groups -OCH3 is 1. The van der Waals surface area contributed by atoms with E-state index in [1.165, 1.54) is 25.5 Å². The monoisotopic (exact) mass is 1010 g/mol. The van der Waals surface area contributed by atoms with Crippen molar-refractivity contribution in [1.29, 1.82) is 0 Å². The molecule has 380 valence electrons. The van der Waals surface area contributed by atoms with Crippen LogP contribution in [0.4, 0.5) is 0 Å². The lowest BCUT2D eigenvalue weighted by Gasteiger charge is -2.39. The second kappa shape index (κ2) is 22.3. The highest BCUT2D eigenvalue weighted by Crippen LogP contribution is 2.47. The largest absolute Gasteiger partial charge is 0.457 e. The summed E-state index contributed by atoms with van der Waals surface area (Å²) in [4.78, 5) is 73.3. The van der Waals surface area contributed by atoms with Gasteiger partial charge in [-0.05, 0) is 142 Å². The number of aryl methyl sites for hydroxylation is 1. The highest BCUT2D eigenvalue weighted by atomic mass is 35.5. The van der Waals surface area contributed by atoms with Crippen LogP contribution >= 0.6 is 23.2 Å². The van der Waals surface area contributed by atoms with Gasteiger partial charge >= 0.3 is 0 Å². The van der Waals surface area contributed by atoms with Crippen molar-refractivity contribution in [3.8, 4) is 22.8 Å². The number of benzene rings is 4. The normalized spacial score (nSPS) is 23.2. The Morgan fingerprint density at radius 2 is 1.54 bits per heavy atom. The zero-order valence-corrected chi connectivity index (χ0v) is 43.8. The third-order valence-electron chi connectivity index (χ3n) is 15.9. The minimum atomic E-state index is -0.979. The van der Waals surface area contributed by atoms with E-state index in [1.807, 2.05) is 84.9 Å². The Morgan fingerprint density at radius 3 is 2.26 bits per heavy atom. The molecule has 2 saturated heterocycles. The summed E-state index contributed by atoms with van der Waals surface area (Å²) < 4.78 is 14.4. The highest BCUT2D eigenvalue weighted by molar-refractivity contribution is 6.31. The van der Waals surface area contributed by atoms with E-state index in [1.54, 1.807) is 35.9 Å². The first-order valence-electron chi connectivity index (χ1n) is 25.7. The zero-order valence-electron chi connectivity index (χ0n) is 42.3. The van der Waals surface area contributed by atoms with Crippen molar-refractivity contribution < 1.29 is 28.7 Å². The number of Topliss-reactive ketones (excluding diaryl/α,β-unsaturated/α-hetero) is 1. The average Bonchev–Trinajstić information content (AvgIpc) is 3.69. The van der Waals surface area contributed by atoms with Crippen LogP contribution in [-0.2, 0) is 56.9 Å². The number of likely N-dealkylation sites (N-methyl/N-ethyl adjacent to an activating group) is 1. The van der Waals surface area contributed by atoms with Crippen LogP contribution in [0.25, 0.3) is 11.3 Å². The number of likely N-dealkylation sites (tertiary alicyclic amines) is 1. The molecule has 0 N–H and O–H groups in total. The predicted molar refractivity (Wildman–Crippen MR) is 281 cm³/mol. The number of hydrogen-bond donors (Lipinski definition) is 0. The molecule has 4 aliphatic rings. The molecule has 0 radical (unpaired) electrons. The average molecular weight is 1020 g/mol. The molecular weight excluding hydrogens is 948 g/mol. The highest BCUT2D eigenvalue weighted by Gasteiger charge is 2.46. The Morgan fingerprint density at radius 1 is 0.819 bits per heavy atom. The molecular formula is C58H68Cl2N6O6. The van der Waals surface area contributed by atoms with Gasteiger partial charge in [-0.2, -0.15) is 0 Å². The van der Waals surface area contributed by atoms with Crippen LogP contribution in [0.1, 0.15) is 92.8 Å². The maximum atomic E-state index is 15.8. The van der Waals surface area contributed by atoms with Crippen molar-refractivity contribution in [1.82, 2.24) is 29.2 Å². The molecule has 12 nitrogen and oxygen atoms in total. The van der Waals surface area contributed by atoms with Crippen molar-refractivity contribution >= 4 is 46.7 Å². The second-order valence-electron chi connectivity index (χ2n) is 21.1. The molecule has 1 aromatic heterocycles. The summed E-state index contributed by atoms with van der Waals surface area (Å²) in [6, 6.07) is 27.5. The van der Waals surface area contributed by atoms with Gasteiger partial charge in [0.1, 0.15) is 17.3 Å². The van der Waals surface area contributed by atoms with Gasteiger partial charge in [-0.3, -0.25) is 24.1 Å². The summed E-state index contributed by atoms with van der Waals surface area (Å²) in [6.45, 7) is 7.67. The topological polar surface area (TPSA) is 118 Å². The molecule has 14 heteroatoms. The first-order chi connectivity index (χ1) is 34.7. The minimum Gasteiger partial charge on any atom is -0.457 e. The maximum absolute atomic E-state index is 15.8. The fourth-order valence-corrected chi connectivity index (χ4v) is 11.5. The summed E-state index contributed by atoms with van der Waals surface area (Å²) in [5.41, 5.74) is 5.76. The first-order valence-corrected chi connectivity index (χ1v) is 26.4. The number of carbonyl (C=O) groups excluding carboxylic acids is 4. The quantitative estimate of drug-likeness (QED) is 0.108. The number of fused-ring (bicyclic) bond motifs is 1. The van der Waals surface area contributed by atoms with E-state index in [4.69, 9.17) is 37.7 Å². The Hall–Kier alpha value is -5.53. The molecule has 3 amide bonds. The van der Waals surface area contributed by atoms with Crippen LogP contribution in [0.15, 0.2) is 97.2 Å². The molecule has 5 atom stereocenters. The molecule has 0 bridgehead atoms. The van der Waals surface area contributed by atoms with E-state index in [2.05, 4.69) is 28.5 Å². The Labute approximate surface area is 434 Å². The van der Waals surface area contributed by atoms with E-state index < -0.39 is 23.9 Å². The SMILES string of the molecule is COC[C@@H]1CC(=O)[C@H](C)N(Cc2ccc(Cl)cc2Oc2ccc(-c3cnc(CN4CCCC4)n3C)cc2)C(=O)C[C@@H]([C@H]2CCc3ccccc32)C(=O)N(CC2(C)CC2)C[C@@H](Cc2ccc(Cl)cc2)N(C)C1=O. The molecule has 72 heavy (non-hydrogen) atoms. The molecule has 0 unspecified atom stereocenters. The molecule has 4 aromatic carbocycles. The van der Waals surface area contributed by atoms with E-state index in [9.17, 15) is 9.59 Å². The summed E-state index contributed by atoms with van der Waals surface area (Å²) >= 11 is 13.0. The van der Waals surface area contributed by atoms with Crippen molar-refractivity contribution in [2.45, 2.75) is 103 Å². The number of nitrogens with zero attached hydrogens (tertiary/aromatic N) is 6. The lowest BCUT2D eigenvalue weighted by atomic mass is 9.82. The van der Waals surface area contributed by atoms with Crippen LogP contribution in [0.2, 0.25) is 10.0 Å².